The predicted octanol–water partition coefficient (Wildman–Crippen LogP) is 2.44. The Bertz CT molecular complexity index is 278. The number of benzene rings is 1. The number of alkyl halides is 1. The molecule has 0 saturated carbocycles. The fourth-order valence-corrected chi connectivity index (χ4v) is 1.33. The molecule has 0 bridgehead atoms. The predicted molar refractivity (Wildman–Crippen MR) is 55.1 cm³/mol. The number of nitrogens with two attached hydrogens (primary N) is 1. The van der Waals surface area contributed by atoms with Crippen molar-refractivity contribution in [1.29, 1.82) is 0 Å². The van der Waals surface area contributed by atoms with Gasteiger partial charge in [-0.15, -0.1) is 0 Å². The second kappa shape index (κ2) is 5.60. The summed E-state index contributed by atoms with van der Waals surface area (Å²) in [6.07, 6.45) is -0.688. The molecular formula is C11H16FNO. The first-order chi connectivity index (χ1) is 6.79. The van der Waals surface area contributed by atoms with Gasteiger partial charge in [0, 0.05) is 5.56 Å². The van der Waals surface area contributed by atoms with Crippen molar-refractivity contribution in [3.05, 3.63) is 29.8 Å². The van der Waals surface area contributed by atoms with Crippen molar-refractivity contribution in [2.45, 2.75) is 19.5 Å². The molecule has 0 aliphatic heterocycles. The molecule has 1 rings (SSSR count). The van der Waals surface area contributed by atoms with E-state index in [0.717, 1.165) is 0 Å². The molecule has 0 fully saturated rings. The van der Waals surface area contributed by atoms with E-state index in [2.05, 4.69) is 0 Å². The largest absolute Gasteiger partial charge is 0.493 e. The van der Waals surface area contributed by atoms with Crippen LogP contribution in [0, 0.1) is 0 Å². The quantitative estimate of drug-likeness (QED) is 0.786. The highest BCUT2D eigenvalue weighted by molar-refractivity contribution is 5.35. The molecule has 0 aliphatic carbocycles. The van der Waals surface area contributed by atoms with Crippen molar-refractivity contribution in [2.24, 2.45) is 5.73 Å². The van der Waals surface area contributed by atoms with E-state index in [4.69, 9.17) is 10.5 Å². The van der Waals surface area contributed by atoms with Crippen LogP contribution >= 0.6 is 0 Å². The van der Waals surface area contributed by atoms with Gasteiger partial charge in [-0.3, -0.25) is 0 Å². The number of hydrogen-bond donors (Lipinski definition) is 1. The lowest BCUT2D eigenvalue weighted by molar-refractivity contribution is 0.293. The monoisotopic (exact) mass is 197 g/mol. The van der Waals surface area contributed by atoms with E-state index in [1.165, 1.54) is 0 Å². The summed E-state index contributed by atoms with van der Waals surface area (Å²) in [4.78, 5) is 0. The lowest BCUT2D eigenvalue weighted by Crippen LogP contribution is -2.05. The molecule has 1 unspecified atom stereocenters. The maximum atomic E-state index is 13.6. The molecule has 1 aromatic carbocycles. The molecule has 2 nitrogen and oxygen atoms in total. The van der Waals surface area contributed by atoms with E-state index in [9.17, 15) is 4.39 Å². The summed E-state index contributed by atoms with van der Waals surface area (Å²) in [5, 5.41) is 0. The number of rotatable bonds is 5. The summed E-state index contributed by atoms with van der Waals surface area (Å²) in [6.45, 7) is 2.78. The Labute approximate surface area is 83.9 Å². The number of para-hydroxylation sites is 1. The van der Waals surface area contributed by atoms with Crippen molar-refractivity contribution >= 4 is 0 Å². The lowest BCUT2D eigenvalue weighted by atomic mass is 10.1. The van der Waals surface area contributed by atoms with Gasteiger partial charge in [-0.25, -0.2) is 4.39 Å². The Balaban J connectivity index is 2.82. The van der Waals surface area contributed by atoms with Gasteiger partial charge in [0.15, 0.2) is 0 Å². The van der Waals surface area contributed by atoms with Gasteiger partial charge >= 0.3 is 0 Å². The molecule has 1 atom stereocenters. The average molecular weight is 197 g/mol. The summed E-state index contributed by atoms with van der Waals surface area (Å²) < 4.78 is 18.9. The fraction of sp³-hybridized carbons (Fsp3) is 0.455. The van der Waals surface area contributed by atoms with E-state index in [-0.39, 0.29) is 0 Å². The zero-order valence-corrected chi connectivity index (χ0v) is 8.37. The van der Waals surface area contributed by atoms with Crippen LogP contribution in [0.3, 0.4) is 0 Å². The molecule has 0 spiro atoms. The van der Waals surface area contributed by atoms with E-state index in [0.29, 0.717) is 30.9 Å². The van der Waals surface area contributed by atoms with Gasteiger partial charge in [0.1, 0.15) is 11.9 Å². The Hall–Kier alpha value is -1.09. The van der Waals surface area contributed by atoms with Crippen LogP contribution in [0.4, 0.5) is 4.39 Å². The highest BCUT2D eigenvalue weighted by atomic mass is 19.1. The van der Waals surface area contributed by atoms with Crippen LogP contribution in [0.25, 0.3) is 0 Å². The van der Waals surface area contributed by atoms with E-state index >= 15 is 0 Å². The summed E-state index contributed by atoms with van der Waals surface area (Å²) in [5.74, 6) is 0.621. The normalized spacial score (nSPS) is 12.5. The highest BCUT2D eigenvalue weighted by Gasteiger charge is 2.13. The third-order valence-electron chi connectivity index (χ3n) is 1.98. The van der Waals surface area contributed by atoms with E-state index < -0.39 is 6.17 Å². The van der Waals surface area contributed by atoms with Gasteiger partial charge in [-0.2, -0.15) is 0 Å². The zero-order valence-electron chi connectivity index (χ0n) is 8.37. The SMILES string of the molecule is CCOc1ccccc1C(F)CCN. The number of halogens is 1. The first-order valence-electron chi connectivity index (χ1n) is 4.85. The zero-order chi connectivity index (χ0) is 10.4. The second-order valence-electron chi connectivity index (χ2n) is 3.02. The van der Waals surface area contributed by atoms with Gasteiger partial charge in [-0.05, 0) is 26.0 Å². The van der Waals surface area contributed by atoms with Crippen LogP contribution in [0.15, 0.2) is 24.3 Å². The molecule has 14 heavy (non-hydrogen) atoms. The van der Waals surface area contributed by atoms with Crippen LogP contribution in [0.1, 0.15) is 25.1 Å². The lowest BCUT2D eigenvalue weighted by Gasteiger charge is -2.12. The minimum atomic E-state index is -1.03. The maximum Gasteiger partial charge on any atom is 0.130 e. The fourth-order valence-electron chi connectivity index (χ4n) is 1.33. The Morgan fingerprint density at radius 3 is 2.79 bits per heavy atom. The highest BCUT2D eigenvalue weighted by Crippen LogP contribution is 2.29. The molecule has 0 saturated heterocycles. The van der Waals surface area contributed by atoms with Gasteiger partial charge in [0.05, 0.1) is 6.61 Å². The molecule has 0 amide bonds. The van der Waals surface area contributed by atoms with Gasteiger partial charge in [0.25, 0.3) is 0 Å². The maximum absolute atomic E-state index is 13.6. The molecule has 1 aromatic rings. The third-order valence-corrected chi connectivity index (χ3v) is 1.98. The first kappa shape index (κ1) is 11.0. The van der Waals surface area contributed by atoms with Crippen molar-refractivity contribution in [2.75, 3.05) is 13.2 Å². The minimum Gasteiger partial charge on any atom is -0.493 e. The summed E-state index contributed by atoms with van der Waals surface area (Å²) >= 11 is 0. The van der Waals surface area contributed by atoms with Crippen molar-refractivity contribution in [3.8, 4) is 5.75 Å². The smallest absolute Gasteiger partial charge is 0.130 e. The topological polar surface area (TPSA) is 35.2 Å². The molecule has 0 radical (unpaired) electrons. The number of hydrogen-bond acceptors (Lipinski definition) is 2. The second-order valence-corrected chi connectivity index (χ2v) is 3.02. The minimum absolute atomic E-state index is 0.337. The Morgan fingerprint density at radius 1 is 1.43 bits per heavy atom. The van der Waals surface area contributed by atoms with E-state index in [1.54, 1.807) is 18.2 Å². The molecule has 0 aliphatic rings. The first-order valence-corrected chi connectivity index (χ1v) is 4.85. The molecule has 2 N–H and O–H groups in total. The molecular weight excluding hydrogens is 181 g/mol. The van der Waals surface area contributed by atoms with Gasteiger partial charge in [0.2, 0.25) is 0 Å². The molecule has 0 heterocycles. The average Bonchev–Trinajstić information content (AvgIpc) is 2.19. The molecule has 3 heteroatoms. The standard InChI is InChI=1S/C11H16FNO/c1-2-14-11-6-4-3-5-9(11)10(12)7-8-13/h3-6,10H,2,7-8,13H2,1H3. The van der Waals surface area contributed by atoms with Crippen LogP contribution in [0.5, 0.6) is 5.75 Å². The van der Waals surface area contributed by atoms with Crippen LogP contribution < -0.4 is 10.5 Å². The summed E-state index contributed by atoms with van der Waals surface area (Å²) in [5.41, 5.74) is 5.91. The van der Waals surface area contributed by atoms with Crippen LogP contribution in [-0.4, -0.2) is 13.2 Å². The van der Waals surface area contributed by atoms with E-state index in [1.807, 2.05) is 13.0 Å². The van der Waals surface area contributed by atoms with Gasteiger partial charge in [-0.1, -0.05) is 18.2 Å². The third kappa shape index (κ3) is 2.70. The number of ether oxygens (including phenoxy) is 1. The Morgan fingerprint density at radius 2 is 2.14 bits per heavy atom. The van der Waals surface area contributed by atoms with Crippen molar-refractivity contribution in [3.63, 3.8) is 0 Å². The summed E-state index contributed by atoms with van der Waals surface area (Å²) in [6, 6.07) is 7.16. The molecule has 0 aromatic heterocycles. The van der Waals surface area contributed by atoms with Gasteiger partial charge < -0.3 is 10.5 Å². The molecule has 78 valence electrons. The van der Waals surface area contributed by atoms with Crippen molar-refractivity contribution in [1.82, 2.24) is 0 Å². The van der Waals surface area contributed by atoms with Crippen LogP contribution in [-0.2, 0) is 0 Å². The summed E-state index contributed by atoms with van der Waals surface area (Å²) in [7, 11) is 0. The van der Waals surface area contributed by atoms with Crippen molar-refractivity contribution < 1.29 is 9.13 Å². The Kier molecular flexibility index (Phi) is 4.40. The van der Waals surface area contributed by atoms with Crippen LogP contribution in [0.2, 0.25) is 0 Å².